The summed E-state index contributed by atoms with van der Waals surface area (Å²) in [6, 6.07) is 23.0. The highest BCUT2D eigenvalue weighted by molar-refractivity contribution is 6.10. The lowest BCUT2D eigenvalue weighted by Gasteiger charge is -2.18. The molecular weight excluding hydrogens is 380 g/mol. The van der Waals surface area contributed by atoms with Crippen LogP contribution in [0.4, 0.5) is 11.4 Å². The summed E-state index contributed by atoms with van der Waals surface area (Å²) in [5.74, 6) is 0.675. The first-order valence-corrected chi connectivity index (χ1v) is 9.67. The van der Waals surface area contributed by atoms with Crippen LogP contribution in [-0.2, 0) is 4.79 Å². The number of carbonyl (C=O) groups excluding carboxylic acids is 2. The average molecular weight is 404 g/mol. The number of carbonyl (C=O) groups is 2. The molecule has 154 valence electrons. The Labute approximate surface area is 175 Å². The molecule has 0 fully saturated rings. The Balaban J connectivity index is 1.71. The van der Waals surface area contributed by atoms with E-state index in [1.807, 2.05) is 25.1 Å². The summed E-state index contributed by atoms with van der Waals surface area (Å²) in [5.41, 5.74) is 1.40. The van der Waals surface area contributed by atoms with Gasteiger partial charge in [0.25, 0.3) is 11.8 Å². The molecule has 2 N–H and O–H groups in total. The second-order valence-electron chi connectivity index (χ2n) is 6.55. The molecule has 0 aliphatic heterocycles. The number of para-hydroxylation sites is 2. The van der Waals surface area contributed by atoms with Gasteiger partial charge in [-0.3, -0.25) is 9.59 Å². The molecule has 2 amide bonds. The Morgan fingerprint density at radius 3 is 2.17 bits per heavy atom. The lowest BCUT2D eigenvalue weighted by Crippen LogP contribution is -2.33. The van der Waals surface area contributed by atoms with Gasteiger partial charge >= 0.3 is 0 Å². The smallest absolute Gasteiger partial charge is 0.265 e. The number of hydrogen-bond acceptors (Lipinski definition) is 4. The van der Waals surface area contributed by atoms with Crippen molar-refractivity contribution < 1.29 is 19.1 Å². The third-order valence-corrected chi connectivity index (χ3v) is 4.46. The third kappa shape index (κ3) is 5.38. The van der Waals surface area contributed by atoms with Crippen LogP contribution in [0.25, 0.3) is 0 Å². The SMILES string of the molecule is CCC(Oc1ccccc1)C(=O)Nc1ccccc1C(=O)Nc1ccc(OC)cc1. The minimum absolute atomic E-state index is 0.314. The largest absolute Gasteiger partial charge is 0.497 e. The van der Waals surface area contributed by atoms with Gasteiger partial charge in [-0.05, 0) is 55.0 Å². The zero-order valence-electron chi connectivity index (χ0n) is 16.9. The summed E-state index contributed by atoms with van der Waals surface area (Å²) in [6.45, 7) is 1.87. The first-order valence-electron chi connectivity index (χ1n) is 9.67. The highest BCUT2D eigenvalue weighted by Gasteiger charge is 2.21. The molecule has 0 spiro atoms. The van der Waals surface area contributed by atoms with Crippen molar-refractivity contribution in [1.82, 2.24) is 0 Å². The number of rotatable bonds is 8. The van der Waals surface area contributed by atoms with Gasteiger partial charge in [0.05, 0.1) is 18.4 Å². The number of nitrogens with one attached hydrogen (secondary N) is 2. The summed E-state index contributed by atoms with van der Waals surface area (Å²) in [4.78, 5) is 25.5. The van der Waals surface area contributed by atoms with E-state index in [1.54, 1.807) is 67.8 Å². The van der Waals surface area contributed by atoms with Crippen LogP contribution in [0.15, 0.2) is 78.9 Å². The lowest BCUT2D eigenvalue weighted by atomic mass is 10.1. The quantitative estimate of drug-likeness (QED) is 0.568. The van der Waals surface area contributed by atoms with E-state index in [0.29, 0.717) is 34.9 Å². The van der Waals surface area contributed by atoms with Gasteiger partial charge in [0.2, 0.25) is 0 Å². The van der Waals surface area contributed by atoms with Crippen molar-refractivity contribution in [3.8, 4) is 11.5 Å². The maximum absolute atomic E-state index is 12.8. The van der Waals surface area contributed by atoms with Crippen LogP contribution in [0.2, 0.25) is 0 Å². The molecule has 0 aliphatic rings. The Morgan fingerprint density at radius 1 is 0.833 bits per heavy atom. The molecule has 0 bridgehead atoms. The van der Waals surface area contributed by atoms with Crippen LogP contribution >= 0.6 is 0 Å². The highest BCUT2D eigenvalue weighted by atomic mass is 16.5. The van der Waals surface area contributed by atoms with Crippen LogP contribution in [0, 0.1) is 0 Å². The van der Waals surface area contributed by atoms with E-state index >= 15 is 0 Å². The lowest BCUT2D eigenvalue weighted by molar-refractivity contribution is -0.122. The predicted molar refractivity (Wildman–Crippen MR) is 117 cm³/mol. The topological polar surface area (TPSA) is 76.7 Å². The molecule has 0 aliphatic carbocycles. The van der Waals surface area contributed by atoms with E-state index in [4.69, 9.17) is 9.47 Å². The minimum atomic E-state index is -0.676. The fourth-order valence-electron chi connectivity index (χ4n) is 2.86. The first-order chi connectivity index (χ1) is 14.6. The van der Waals surface area contributed by atoms with E-state index < -0.39 is 6.10 Å². The third-order valence-electron chi connectivity index (χ3n) is 4.46. The molecule has 1 atom stereocenters. The van der Waals surface area contributed by atoms with E-state index in [2.05, 4.69) is 10.6 Å². The van der Waals surface area contributed by atoms with Crippen LogP contribution in [0.5, 0.6) is 11.5 Å². The molecule has 6 nitrogen and oxygen atoms in total. The van der Waals surface area contributed by atoms with Crippen molar-refractivity contribution in [3.05, 3.63) is 84.4 Å². The second kappa shape index (κ2) is 10.1. The van der Waals surface area contributed by atoms with Crippen LogP contribution in [0.3, 0.4) is 0 Å². The van der Waals surface area contributed by atoms with Gasteiger partial charge in [-0.2, -0.15) is 0 Å². The van der Waals surface area contributed by atoms with Crippen molar-refractivity contribution in [2.24, 2.45) is 0 Å². The fraction of sp³-hybridized carbons (Fsp3) is 0.167. The molecular formula is C24H24N2O4. The van der Waals surface area contributed by atoms with Crippen molar-refractivity contribution in [1.29, 1.82) is 0 Å². The van der Waals surface area contributed by atoms with Crippen molar-refractivity contribution >= 4 is 23.2 Å². The average Bonchev–Trinajstić information content (AvgIpc) is 2.79. The first kappa shape index (κ1) is 20.9. The second-order valence-corrected chi connectivity index (χ2v) is 6.55. The summed E-state index contributed by atoms with van der Waals surface area (Å²) in [6.07, 6.45) is -0.189. The summed E-state index contributed by atoms with van der Waals surface area (Å²) >= 11 is 0. The summed E-state index contributed by atoms with van der Waals surface area (Å²) in [5, 5.41) is 5.65. The maximum Gasteiger partial charge on any atom is 0.265 e. The zero-order chi connectivity index (χ0) is 21.3. The number of amides is 2. The van der Waals surface area contributed by atoms with Crippen molar-refractivity contribution in [3.63, 3.8) is 0 Å². The Morgan fingerprint density at radius 2 is 1.50 bits per heavy atom. The van der Waals surface area contributed by atoms with Gasteiger partial charge in [0, 0.05) is 5.69 Å². The molecule has 0 heterocycles. The molecule has 0 saturated heterocycles. The molecule has 1 unspecified atom stereocenters. The van der Waals surface area contributed by atoms with Gasteiger partial charge in [-0.25, -0.2) is 0 Å². The maximum atomic E-state index is 12.8. The fourth-order valence-corrected chi connectivity index (χ4v) is 2.86. The van der Waals surface area contributed by atoms with Gasteiger partial charge in [-0.1, -0.05) is 37.3 Å². The summed E-state index contributed by atoms with van der Waals surface area (Å²) < 4.78 is 10.9. The van der Waals surface area contributed by atoms with Crippen molar-refractivity contribution in [2.75, 3.05) is 17.7 Å². The van der Waals surface area contributed by atoms with Crippen LogP contribution < -0.4 is 20.1 Å². The van der Waals surface area contributed by atoms with Gasteiger partial charge < -0.3 is 20.1 Å². The van der Waals surface area contributed by atoms with Gasteiger partial charge in [0.15, 0.2) is 6.10 Å². The Hall–Kier alpha value is -3.80. The Kier molecular flexibility index (Phi) is 7.05. The van der Waals surface area contributed by atoms with Gasteiger partial charge in [-0.15, -0.1) is 0 Å². The monoisotopic (exact) mass is 404 g/mol. The highest BCUT2D eigenvalue weighted by Crippen LogP contribution is 2.21. The molecule has 0 saturated carbocycles. The van der Waals surface area contributed by atoms with Gasteiger partial charge in [0.1, 0.15) is 11.5 Å². The van der Waals surface area contributed by atoms with Crippen LogP contribution in [0.1, 0.15) is 23.7 Å². The molecule has 3 aromatic rings. The molecule has 3 rings (SSSR count). The molecule has 0 radical (unpaired) electrons. The zero-order valence-corrected chi connectivity index (χ0v) is 16.9. The van der Waals surface area contributed by atoms with E-state index in [0.717, 1.165) is 0 Å². The summed E-state index contributed by atoms with van der Waals surface area (Å²) in [7, 11) is 1.58. The number of anilines is 2. The predicted octanol–water partition coefficient (Wildman–Crippen LogP) is 4.74. The van der Waals surface area contributed by atoms with E-state index in [9.17, 15) is 9.59 Å². The standard InChI is InChI=1S/C24H24N2O4/c1-3-22(30-19-9-5-4-6-10-19)24(28)26-21-12-8-7-11-20(21)23(27)25-17-13-15-18(29-2)16-14-17/h4-16,22H,3H2,1-2H3,(H,25,27)(H,26,28). The molecule has 6 heteroatoms. The van der Waals surface area contributed by atoms with E-state index in [-0.39, 0.29) is 11.8 Å². The Bertz CT molecular complexity index is 988. The molecule has 0 aromatic heterocycles. The van der Waals surface area contributed by atoms with E-state index in [1.165, 1.54) is 0 Å². The normalized spacial score (nSPS) is 11.3. The number of methoxy groups -OCH3 is 1. The number of hydrogen-bond donors (Lipinski definition) is 2. The minimum Gasteiger partial charge on any atom is -0.497 e. The number of ether oxygens (including phenoxy) is 2. The van der Waals surface area contributed by atoms with Crippen molar-refractivity contribution in [2.45, 2.75) is 19.4 Å². The molecule has 30 heavy (non-hydrogen) atoms. The molecule has 3 aromatic carbocycles. The number of benzene rings is 3. The van der Waals surface area contributed by atoms with Crippen LogP contribution in [-0.4, -0.2) is 25.0 Å².